The molecule has 0 spiro atoms. The predicted molar refractivity (Wildman–Crippen MR) is 112 cm³/mol. The van der Waals surface area contributed by atoms with Crippen LogP contribution in [0.3, 0.4) is 0 Å². The molecule has 0 radical (unpaired) electrons. The highest BCUT2D eigenvalue weighted by atomic mass is 35.5. The minimum absolute atomic E-state index is 0.0300. The van der Waals surface area contributed by atoms with Gasteiger partial charge in [0.2, 0.25) is 5.91 Å². The number of nitrogens with zero attached hydrogens (tertiary/aromatic N) is 1. The summed E-state index contributed by atoms with van der Waals surface area (Å²) in [6, 6.07) is 14.1. The monoisotopic (exact) mass is 425 g/mol. The molecule has 0 aliphatic heterocycles. The Bertz CT molecular complexity index is 1140. The number of carbonyl (C=O) groups is 3. The van der Waals surface area contributed by atoms with Crippen LogP contribution >= 0.6 is 11.6 Å². The molecule has 0 saturated heterocycles. The molecular formula is C21H16ClN3O5. The first-order valence-electron chi connectivity index (χ1n) is 8.67. The molecule has 152 valence electrons. The van der Waals surface area contributed by atoms with Crippen molar-refractivity contribution in [1.82, 2.24) is 5.43 Å². The standard InChI is InChI=1S/C21H16ClN3O5/c1-12(26)24-15-5-2-13(3-6-15)20(27)25-23-11-16-7-9-19(30-16)14-4-8-18(22)17(10-14)21(28)29/h2-11H,1H3,(H,24,26)(H,25,27)(H,28,29)/b23-11-. The fourth-order valence-corrected chi connectivity index (χ4v) is 2.75. The first-order chi connectivity index (χ1) is 14.3. The quantitative estimate of drug-likeness (QED) is 0.407. The number of carboxylic acids is 1. The SMILES string of the molecule is CC(=O)Nc1ccc(C(=O)N/N=C\c2ccc(-c3ccc(Cl)c(C(=O)O)c3)o2)cc1. The van der Waals surface area contributed by atoms with Crippen LogP contribution in [0.2, 0.25) is 5.02 Å². The van der Waals surface area contributed by atoms with E-state index in [4.69, 9.17) is 21.1 Å². The third kappa shape index (κ3) is 5.12. The number of hydrogen-bond acceptors (Lipinski definition) is 5. The molecule has 9 heteroatoms. The molecule has 3 rings (SSSR count). The fourth-order valence-electron chi connectivity index (χ4n) is 2.55. The van der Waals surface area contributed by atoms with Crippen molar-refractivity contribution < 1.29 is 23.9 Å². The van der Waals surface area contributed by atoms with Crippen LogP contribution in [0.25, 0.3) is 11.3 Å². The highest BCUT2D eigenvalue weighted by Crippen LogP contribution is 2.26. The number of anilines is 1. The van der Waals surface area contributed by atoms with Crippen LogP contribution in [0.4, 0.5) is 5.69 Å². The smallest absolute Gasteiger partial charge is 0.337 e. The molecule has 8 nitrogen and oxygen atoms in total. The van der Waals surface area contributed by atoms with E-state index in [2.05, 4.69) is 15.8 Å². The Hall–Kier alpha value is -3.91. The summed E-state index contributed by atoms with van der Waals surface area (Å²) in [6.45, 7) is 1.40. The van der Waals surface area contributed by atoms with Gasteiger partial charge >= 0.3 is 5.97 Å². The summed E-state index contributed by atoms with van der Waals surface area (Å²) in [7, 11) is 0. The van der Waals surface area contributed by atoms with Gasteiger partial charge in [-0.2, -0.15) is 5.10 Å². The lowest BCUT2D eigenvalue weighted by molar-refractivity contribution is -0.114. The fraction of sp³-hybridized carbons (Fsp3) is 0.0476. The van der Waals surface area contributed by atoms with Gasteiger partial charge in [-0.3, -0.25) is 9.59 Å². The van der Waals surface area contributed by atoms with Gasteiger partial charge in [0.25, 0.3) is 5.91 Å². The second kappa shape index (κ2) is 9.06. The van der Waals surface area contributed by atoms with Gasteiger partial charge in [0.1, 0.15) is 11.5 Å². The van der Waals surface area contributed by atoms with Crippen molar-refractivity contribution in [3.8, 4) is 11.3 Å². The molecule has 1 heterocycles. The van der Waals surface area contributed by atoms with Gasteiger partial charge in [0, 0.05) is 23.7 Å². The molecule has 0 unspecified atom stereocenters. The number of rotatable bonds is 6. The molecule has 30 heavy (non-hydrogen) atoms. The van der Waals surface area contributed by atoms with Crippen LogP contribution in [0.15, 0.2) is 64.1 Å². The average molecular weight is 426 g/mol. The Balaban J connectivity index is 1.64. The highest BCUT2D eigenvalue weighted by Gasteiger charge is 2.12. The molecule has 0 saturated carbocycles. The number of amides is 2. The molecule has 0 bridgehead atoms. The summed E-state index contributed by atoms with van der Waals surface area (Å²) < 4.78 is 5.61. The minimum Gasteiger partial charge on any atom is -0.478 e. The van der Waals surface area contributed by atoms with Crippen molar-refractivity contribution in [2.75, 3.05) is 5.32 Å². The number of hydrazone groups is 1. The highest BCUT2D eigenvalue weighted by molar-refractivity contribution is 6.33. The topological polar surface area (TPSA) is 121 Å². The van der Waals surface area contributed by atoms with Gasteiger partial charge in [-0.05, 0) is 54.6 Å². The molecule has 2 aromatic carbocycles. The number of halogens is 1. The molecule has 0 aliphatic carbocycles. The van der Waals surface area contributed by atoms with Crippen LogP contribution < -0.4 is 10.7 Å². The van der Waals surface area contributed by atoms with E-state index in [0.29, 0.717) is 28.3 Å². The van der Waals surface area contributed by atoms with Crippen LogP contribution in [0.5, 0.6) is 0 Å². The third-order valence-electron chi connectivity index (χ3n) is 3.93. The maximum Gasteiger partial charge on any atom is 0.337 e. The summed E-state index contributed by atoms with van der Waals surface area (Å²) in [4.78, 5) is 34.3. The number of hydrogen-bond donors (Lipinski definition) is 3. The van der Waals surface area contributed by atoms with E-state index >= 15 is 0 Å². The number of furan rings is 1. The van der Waals surface area contributed by atoms with Gasteiger partial charge < -0.3 is 14.8 Å². The van der Waals surface area contributed by atoms with Gasteiger partial charge in [0.05, 0.1) is 16.8 Å². The Labute approximate surface area is 176 Å². The molecule has 0 aliphatic rings. The largest absolute Gasteiger partial charge is 0.478 e. The van der Waals surface area contributed by atoms with Crippen LogP contribution in [0.1, 0.15) is 33.4 Å². The van der Waals surface area contributed by atoms with Crippen molar-refractivity contribution in [3.63, 3.8) is 0 Å². The van der Waals surface area contributed by atoms with E-state index < -0.39 is 11.9 Å². The van der Waals surface area contributed by atoms with E-state index in [0.717, 1.165) is 0 Å². The summed E-state index contributed by atoms with van der Waals surface area (Å²) in [6.07, 6.45) is 1.32. The first kappa shape index (κ1) is 20.8. The summed E-state index contributed by atoms with van der Waals surface area (Å²) in [5.41, 5.74) is 3.83. The Morgan fingerprint density at radius 3 is 2.47 bits per heavy atom. The van der Waals surface area contributed by atoms with Crippen molar-refractivity contribution in [2.45, 2.75) is 6.92 Å². The molecule has 0 atom stereocenters. The van der Waals surface area contributed by atoms with E-state index in [1.165, 1.54) is 25.3 Å². The van der Waals surface area contributed by atoms with Crippen LogP contribution in [-0.2, 0) is 4.79 Å². The van der Waals surface area contributed by atoms with E-state index in [1.54, 1.807) is 42.5 Å². The lowest BCUT2D eigenvalue weighted by Gasteiger charge is -2.03. The lowest BCUT2D eigenvalue weighted by atomic mass is 10.1. The molecule has 3 N–H and O–H groups in total. The average Bonchev–Trinajstić information content (AvgIpc) is 3.17. The van der Waals surface area contributed by atoms with Crippen molar-refractivity contribution in [2.24, 2.45) is 5.10 Å². The Morgan fingerprint density at radius 2 is 1.80 bits per heavy atom. The lowest BCUT2D eigenvalue weighted by Crippen LogP contribution is -2.17. The molecule has 2 amide bonds. The van der Waals surface area contributed by atoms with Crippen molar-refractivity contribution >= 4 is 41.3 Å². The van der Waals surface area contributed by atoms with E-state index in [1.807, 2.05) is 0 Å². The van der Waals surface area contributed by atoms with E-state index in [9.17, 15) is 14.4 Å². The zero-order chi connectivity index (χ0) is 21.7. The first-order valence-corrected chi connectivity index (χ1v) is 9.05. The Kier molecular flexibility index (Phi) is 6.29. The van der Waals surface area contributed by atoms with Crippen molar-refractivity contribution in [1.29, 1.82) is 0 Å². The second-order valence-corrected chi connectivity index (χ2v) is 6.57. The predicted octanol–water partition coefficient (Wildman–Crippen LogP) is 4.02. The van der Waals surface area contributed by atoms with Gasteiger partial charge in [0.15, 0.2) is 0 Å². The van der Waals surface area contributed by atoms with Gasteiger partial charge in [-0.25, -0.2) is 10.2 Å². The number of aromatic carboxylic acids is 1. The Morgan fingerprint density at radius 1 is 1.07 bits per heavy atom. The number of carbonyl (C=O) groups excluding carboxylic acids is 2. The number of benzene rings is 2. The number of nitrogens with one attached hydrogen (secondary N) is 2. The zero-order valence-electron chi connectivity index (χ0n) is 15.7. The minimum atomic E-state index is -1.14. The van der Waals surface area contributed by atoms with Gasteiger partial charge in [-0.15, -0.1) is 0 Å². The summed E-state index contributed by atoms with van der Waals surface area (Å²) in [5, 5.41) is 15.8. The molecule has 3 aromatic rings. The maximum absolute atomic E-state index is 12.1. The van der Waals surface area contributed by atoms with Gasteiger partial charge in [-0.1, -0.05) is 11.6 Å². The number of carboxylic acid groups (broad SMARTS) is 1. The third-order valence-corrected chi connectivity index (χ3v) is 4.26. The normalized spacial score (nSPS) is 10.7. The second-order valence-electron chi connectivity index (χ2n) is 6.16. The molecular weight excluding hydrogens is 410 g/mol. The maximum atomic E-state index is 12.1. The van der Waals surface area contributed by atoms with Crippen molar-refractivity contribution in [3.05, 3.63) is 76.5 Å². The van der Waals surface area contributed by atoms with Crippen LogP contribution in [-0.4, -0.2) is 29.1 Å². The summed E-state index contributed by atoms with van der Waals surface area (Å²) in [5.74, 6) is -0.986. The molecule has 1 aromatic heterocycles. The van der Waals surface area contributed by atoms with Crippen LogP contribution in [0, 0.1) is 0 Å². The zero-order valence-corrected chi connectivity index (χ0v) is 16.4. The molecule has 0 fully saturated rings. The summed E-state index contributed by atoms with van der Waals surface area (Å²) >= 11 is 5.87. The van der Waals surface area contributed by atoms with E-state index in [-0.39, 0.29) is 16.5 Å².